The summed E-state index contributed by atoms with van der Waals surface area (Å²) in [5.41, 5.74) is 2.01. The summed E-state index contributed by atoms with van der Waals surface area (Å²) in [5, 5.41) is 23.3. The van der Waals surface area contributed by atoms with Gasteiger partial charge in [0.2, 0.25) is 5.91 Å². The van der Waals surface area contributed by atoms with Crippen molar-refractivity contribution >= 4 is 11.9 Å². The Hall–Kier alpha value is -4.94. The summed E-state index contributed by atoms with van der Waals surface area (Å²) >= 11 is 0. The highest BCUT2D eigenvalue weighted by atomic mass is 19.1. The number of hydrogen-bond acceptors (Lipinski definition) is 7. The zero-order valence-corrected chi connectivity index (χ0v) is 29.0. The Labute approximate surface area is 294 Å². The van der Waals surface area contributed by atoms with Crippen molar-refractivity contribution in [2.75, 3.05) is 26.2 Å². The van der Waals surface area contributed by atoms with Crippen molar-refractivity contribution in [1.82, 2.24) is 14.8 Å². The molecule has 1 aliphatic rings. The minimum Gasteiger partial charge on any atom is -0.507 e. The van der Waals surface area contributed by atoms with E-state index >= 15 is 8.78 Å². The van der Waals surface area contributed by atoms with Gasteiger partial charge in [0.05, 0.1) is 25.7 Å². The summed E-state index contributed by atoms with van der Waals surface area (Å²) in [6.07, 6.45) is 0.458. The summed E-state index contributed by atoms with van der Waals surface area (Å²) in [7, 11) is 0. The minimum atomic E-state index is -1.65. The second kappa shape index (κ2) is 15.9. The number of nitrogens with one attached hydrogen (secondary N) is 1. The molecular weight excluding hydrogens is 663 g/mol. The van der Waals surface area contributed by atoms with Crippen LogP contribution < -0.4 is 10.9 Å². The molecule has 12 heteroatoms. The number of hydrogen-bond donors (Lipinski definition) is 3. The smallest absolute Gasteiger partial charge is 0.308 e. The molecule has 9 nitrogen and oxygen atoms in total. The quantitative estimate of drug-likeness (QED) is 0.157. The third-order valence-electron chi connectivity index (χ3n) is 9.16. The molecule has 3 aromatic carbocycles. The Morgan fingerprint density at radius 1 is 0.980 bits per heavy atom. The number of halogens is 3. The Morgan fingerprint density at radius 2 is 1.73 bits per heavy atom. The number of likely N-dealkylation sites (tertiary alicyclic amines) is 1. The van der Waals surface area contributed by atoms with Crippen LogP contribution in [-0.2, 0) is 27.4 Å². The second-order valence-electron chi connectivity index (χ2n) is 13.0. The summed E-state index contributed by atoms with van der Waals surface area (Å²) in [6, 6.07) is 10.3. The Bertz CT molecular complexity index is 1970. The van der Waals surface area contributed by atoms with E-state index < -0.39 is 60.4 Å². The molecule has 3 N–H and O–H groups in total. The average Bonchev–Trinajstić information content (AvgIpc) is 3.06. The van der Waals surface area contributed by atoms with Crippen LogP contribution >= 0.6 is 0 Å². The van der Waals surface area contributed by atoms with Gasteiger partial charge >= 0.3 is 5.97 Å². The van der Waals surface area contributed by atoms with Gasteiger partial charge < -0.3 is 20.3 Å². The van der Waals surface area contributed by atoms with E-state index in [2.05, 4.69) is 5.32 Å². The Kier molecular flexibility index (Phi) is 11.7. The van der Waals surface area contributed by atoms with E-state index in [1.807, 2.05) is 4.90 Å². The van der Waals surface area contributed by atoms with Crippen molar-refractivity contribution in [1.29, 1.82) is 0 Å². The zero-order chi connectivity index (χ0) is 37.0. The molecule has 0 saturated carbocycles. The first-order chi connectivity index (χ1) is 24.3. The Morgan fingerprint density at radius 3 is 2.39 bits per heavy atom. The van der Waals surface area contributed by atoms with Crippen LogP contribution in [0, 0.1) is 32.4 Å². The van der Waals surface area contributed by atoms with E-state index in [-0.39, 0.29) is 40.2 Å². The molecule has 5 rings (SSSR count). The maximum Gasteiger partial charge on any atom is 0.308 e. The lowest BCUT2D eigenvalue weighted by Crippen LogP contribution is -2.49. The number of aryl methyl sites for hydroxylation is 3. The number of amides is 1. The standard InChI is InChI=1S/C39H42F3N3O6/c1-5-51-34(48)17-32(30-16-27(14-23(3)36(30)42)35-22(2)7-6-8-33(35)47)43-38(49)37(29-15-26(21-46)9-10-31(29)41)45-18-25(13-24(4)39(45)50)11-12-44-19-28(40)20-44/h6-10,13-16,18,28,32,37,46-47H,5,11-12,17,19-21H2,1-4H3,(H,43,49)/t32-,37?/m0/s1. The molecule has 1 fully saturated rings. The van der Waals surface area contributed by atoms with Crippen LogP contribution in [0.5, 0.6) is 5.75 Å². The van der Waals surface area contributed by atoms with E-state index in [0.717, 1.165) is 10.6 Å². The fraction of sp³-hybridized carbons (Fsp3) is 0.359. The number of aliphatic hydroxyl groups excluding tert-OH is 1. The lowest BCUT2D eigenvalue weighted by molar-refractivity contribution is -0.143. The number of aliphatic hydroxyl groups is 1. The van der Waals surface area contributed by atoms with Crippen LogP contribution in [0.15, 0.2) is 65.6 Å². The maximum atomic E-state index is 16.1. The number of rotatable bonds is 13. The van der Waals surface area contributed by atoms with Gasteiger partial charge in [0, 0.05) is 48.1 Å². The van der Waals surface area contributed by atoms with Crippen LogP contribution in [-0.4, -0.2) is 64.0 Å². The third-order valence-corrected chi connectivity index (χ3v) is 9.16. The molecular formula is C39H42F3N3O6. The highest BCUT2D eigenvalue weighted by Crippen LogP contribution is 2.37. The van der Waals surface area contributed by atoms with Crippen molar-refractivity contribution in [3.63, 3.8) is 0 Å². The van der Waals surface area contributed by atoms with Crippen LogP contribution in [0.1, 0.15) is 64.4 Å². The van der Waals surface area contributed by atoms with E-state index in [4.69, 9.17) is 4.74 Å². The molecule has 0 bridgehead atoms. The Balaban J connectivity index is 1.63. The molecule has 1 aromatic heterocycles. The van der Waals surface area contributed by atoms with E-state index in [1.54, 1.807) is 45.0 Å². The zero-order valence-electron chi connectivity index (χ0n) is 29.0. The molecule has 0 spiro atoms. The normalized spacial score (nSPS) is 14.5. The third kappa shape index (κ3) is 8.34. The first-order valence-electron chi connectivity index (χ1n) is 16.8. The van der Waals surface area contributed by atoms with Gasteiger partial charge in [0.1, 0.15) is 29.6 Å². The number of alkyl halides is 1. The number of aromatic nitrogens is 1. The number of carbonyl (C=O) groups excluding carboxylic acids is 2. The highest BCUT2D eigenvalue weighted by molar-refractivity contribution is 5.85. The topological polar surface area (TPSA) is 121 Å². The number of phenolic OH excluding ortho intramolecular Hbond substituents is 1. The largest absolute Gasteiger partial charge is 0.507 e. The van der Waals surface area contributed by atoms with Gasteiger partial charge in [-0.15, -0.1) is 0 Å². The maximum absolute atomic E-state index is 16.1. The monoisotopic (exact) mass is 705 g/mol. The number of ether oxygens (including phenoxy) is 1. The van der Waals surface area contributed by atoms with Crippen LogP contribution in [0.25, 0.3) is 11.1 Å². The first kappa shape index (κ1) is 37.3. The summed E-state index contributed by atoms with van der Waals surface area (Å²) in [6.45, 7) is 7.09. The van der Waals surface area contributed by atoms with Gasteiger partial charge in [-0.25, -0.2) is 13.2 Å². The average molecular weight is 706 g/mol. The number of pyridine rings is 1. The number of esters is 1. The van der Waals surface area contributed by atoms with Gasteiger partial charge in [-0.05, 0) is 98.3 Å². The van der Waals surface area contributed by atoms with Gasteiger partial charge in [-0.1, -0.05) is 18.2 Å². The fourth-order valence-electron chi connectivity index (χ4n) is 6.54. The minimum absolute atomic E-state index is 0.0186. The van der Waals surface area contributed by atoms with Gasteiger partial charge in [0.15, 0.2) is 0 Å². The molecule has 270 valence electrons. The molecule has 51 heavy (non-hydrogen) atoms. The number of phenols is 1. The fourth-order valence-corrected chi connectivity index (χ4v) is 6.54. The lowest BCUT2D eigenvalue weighted by Gasteiger charge is -2.34. The molecule has 0 radical (unpaired) electrons. The van der Waals surface area contributed by atoms with Gasteiger partial charge in [-0.3, -0.25) is 23.9 Å². The van der Waals surface area contributed by atoms with Crippen molar-refractivity contribution in [3.05, 3.63) is 122 Å². The predicted octanol–water partition coefficient (Wildman–Crippen LogP) is 5.51. The highest BCUT2D eigenvalue weighted by Gasteiger charge is 2.33. The van der Waals surface area contributed by atoms with E-state index in [0.29, 0.717) is 48.3 Å². The predicted molar refractivity (Wildman–Crippen MR) is 186 cm³/mol. The first-order valence-corrected chi connectivity index (χ1v) is 16.8. The second-order valence-corrected chi connectivity index (χ2v) is 13.0. The van der Waals surface area contributed by atoms with Gasteiger partial charge in [-0.2, -0.15) is 0 Å². The molecule has 1 unspecified atom stereocenters. The lowest BCUT2D eigenvalue weighted by atomic mass is 9.92. The van der Waals surface area contributed by atoms with E-state index in [1.165, 1.54) is 37.4 Å². The van der Waals surface area contributed by atoms with Crippen LogP contribution in [0.2, 0.25) is 0 Å². The molecule has 1 saturated heterocycles. The number of benzene rings is 3. The molecule has 1 amide bonds. The number of nitrogens with zero attached hydrogens (tertiary/aromatic N) is 2. The summed E-state index contributed by atoms with van der Waals surface area (Å²) < 4.78 is 51.5. The van der Waals surface area contributed by atoms with Crippen molar-refractivity contribution in [2.45, 2.75) is 65.4 Å². The number of carbonyl (C=O) groups is 2. The molecule has 1 aliphatic heterocycles. The van der Waals surface area contributed by atoms with Crippen molar-refractivity contribution in [3.8, 4) is 16.9 Å². The summed E-state index contributed by atoms with van der Waals surface area (Å²) in [4.78, 5) is 43.1. The molecule has 4 aromatic rings. The van der Waals surface area contributed by atoms with Gasteiger partial charge in [0.25, 0.3) is 5.56 Å². The molecule has 2 heterocycles. The van der Waals surface area contributed by atoms with Crippen LogP contribution in [0.3, 0.4) is 0 Å². The van der Waals surface area contributed by atoms with Crippen molar-refractivity contribution < 1.29 is 37.7 Å². The molecule has 0 aliphatic carbocycles. The SMILES string of the molecule is CCOC(=O)C[C@H](NC(=O)C(c1cc(CO)ccc1F)n1cc(CCN2CC(F)C2)cc(C)c1=O)c1cc(-c2c(C)cccc2O)cc(C)c1F. The number of aromatic hydroxyl groups is 1. The van der Waals surface area contributed by atoms with Crippen molar-refractivity contribution in [2.24, 2.45) is 0 Å². The van der Waals surface area contributed by atoms with E-state index in [9.17, 15) is 29.0 Å². The molecule has 2 atom stereocenters. The summed E-state index contributed by atoms with van der Waals surface area (Å²) in [5.74, 6) is -3.28. The van der Waals surface area contributed by atoms with Crippen LogP contribution in [0.4, 0.5) is 13.2 Å².